The molecule has 0 fully saturated rings. The molecule has 0 radical (unpaired) electrons. The number of aromatic nitrogens is 2. The second kappa shape index (κ2) is 7.96. The Labute approximate surface area is 163 Å². The molecule has 140 valence electrons. The van der Waals surface area contributed by atoms with Gasteiger partial charge in [-0.15, -0.1) is 11.3 Å². The van der Waals surface area contributed by atoms with Gasteiger partial charge in [0.15, 0.2) is 0 Å². The van der Waals surface area contributed by atoms with Gasteiger partial charge < -0.3 is 9.64 Å². The lowest BCUT2D eigenvalue weighted by atomic mass is 10.1. The van der Waals surface area contributed by atoms with Crippen LogP contribution in [0.4, 0.5) is 0 Å². The standard InChI is InChI=1S/C21H23N3O2S/c1-2-26-18-8-6-16(7-9-18)20-13-17-15-23(10-4-11-24(17)22-20)21(25)14-19-5-3-12-27-19/h3,5-9,12-13H,2,4,10-11,14-15H2,1H3. The number of carbonyl (C=O) groups excluding carboxylic acids is 1. The zero-order valence-corrected chi connectivity index (χ0v) is 16.2. The lowest BCUT2D eigenvalue weighted by Crippen LogP contribution is -2.31. The summed E-state index contributed by atoms with van der Waals surface area (Å²) in [7, 11) is 0. The highest BCUT2D eigenvalue weighted by molar-refractivity contribution is 7.10. The van der Waals surface area contributed by atoms with Gasteiger partial charge in [-0.05, 0) is 55.1 Å². The molecule has 0 aliphatic carbocycles. The van der Waals surface area contributed by atoms with E-state index in [1.54, 1.807) is 11.3 Å². The van der Waals surface area contributed by atoms with Crippen molar-refractivity contribution >= 4 is 17.2 Å². The van der Waals surface area contributed by atoms with E-state index < -0.39 is 0 Å². The average molecular weight is 382 g/mol. The summed E-state index contributed by atoms with van der Waals surface area (Å²) in [5.41, 5.74) is 3.10. The summed E-state index contributed by atoms with van der Waals surface area (Å²) in [4.78, 5) is 15.8. The highest BCUT2D eigenvalue weighted by Gasteiger charge is 2.21. The lowest BCUT2D eigenvalue weighted by molar-refractivity contribution is -0.131. The lowest BCUT2D eigenvalue weighted by Gasteiger charge is -2.19. The monoisotopic (exact) mass is 381 g/mol. The van der Waals surface area contributed by atoms with Crippen molar-refractivity contribution in [2.24, 2.45) is 0 Å². The second-order valence-electron chi connectivity index (χ2n) is 6.63. The van der Waals surface area contributed by atoms with Gasteiger partial charge in [-0.1, -0.05) is 6.07 Å². The number of hydrogen-bond donors (Lipinski definition) is 0. The molecule has 0 N–H and O–H groups in total. The molecule has 0 saturated carbocycles. The van der Waals surface area contributed by atoms with Crippen LogP contribution in [0, 0.1) is 0 Å². The van der Waals surface area contributed by atoms with Crippen LogP contribution in [0.15, 0.2) is 47.8 Å². The molecule has 1 amide bonds. The Balaban J connectivity index is 1.50. The largest absolute Gasteiger partial charge is 0.494 e. The first kappa shape index (κ1) is 17.8. The molecule has 0 unspecified atom stereocenters. The number of hydrogen-bond acceptors (Lipinski definition) is 4. The third-order valence-corrected chi connectivity index (χ3v) is 5.61. The molecular formula is C21H23N3O2S. The fourth-order valence-electron chi connectivity index (χ4n) is 3.38. The summed E-state index contributed by atoms with van der Waals surface area (Å²) in [6, 6.07) is 14.1. The second-order valence-corrected chi connectivity index (χ2v) is 7.66. The van der Waals surface area contributed by atoms with Crippen LogP contribution >= 0.6 is 11.3 Å². The molecule has 0 atom stereocenters. The molecule has 1 aliphatic heterocycles. The van der Waals surface area contributed by atoms with E-state index in [0.29, 0.717) is 19.6 Å². The fourth-order valence-corrected chi connectivity index (χ4v) is 4.07. The Morgan fingerprint density at radius 2 is 2.07 bits per heavy atom. The third kappa shape index (κ3) is 4.06. The van der Waals surface area contributed by atoms with Gasteiger partial charge in [0.2, 0.25) is 5.91 Å². The Bertz CT molecular complexity index is 900. The average Bonchev–Trinajstić information content (AvgIpc) is 3.28. The van der Waals surface area contributed by atoms with Crippen molar-refractivity contribution in [3.8, 4) is 17.0 Å². The summed E-state index contributed by atoms with van der Waals surface area (Å²) in [6.45, 7) is 4.88. The molecule has 5 nitrogen and oxygen atoms in total. The first-order valence-corrected chi connectivity index (χ1v) is 10.2. The van der Waals surface area contributed by atoms with Gasteiger partial charge in [0.05, 0.1) is 31.0 Å². The topological polar surface area (TPSA) is 47.4 Å². The van der Waals surface area contributed by atoms with Crippen LogP contribution in [0.3, 0.4) is 0 Å². The van der Waals surface area contributed by atoms with Crippen molar-refractivity contribution < 1.29 is 9.53 Å². The van der Waals surface area contributed by atoms with Crippen molar-refractivity contribution in [1.29, 1.82) is 0 Å². The number of rotatable bonds is 5. The molecule has 0 bridgehead atoms. The van der Waals surface area contributed by atoms with Gasteiger partial charge in [-0.25, -0.2) is 0 Å². The summed E-state index contributed by atoms with van der Waals surface area (Å²) in [5.74, 6) is 1.06. The molecule has 27 heavy (non-hydrogen) atoms. The highest BCUT2D eigenvalue weighted by Crippen LogP contribution is 2.24. The van der Waals surface area contributed by atoms with Gasteiger partial charge in [0, 0.05) is 23.5 Å². The Morgan fingerprint density at radius 1 is 1.22 bits per heavy atom. The van der Waals surface area contributed by atoms with Gasteiger partial charge in [0.25, 0.3) is 0 Å². The van der Waals surface area contributed by atoms with E-state index in [1.165, 1.54) is 0 Å². The maximum Gasteiger partial charge on any atom is 0.228 e. The van der Waals surface area contributed by atoms with E-state index in [1.807, 2.05) is 58.3 Å². The van der Waals surface area contributed by atoms with Gasteiger partial charge in [-0.2, -0.15) is 5.10 Å². The minimum absolute atomic E-state index is 0.190. The number of ether oxygens (including phenoxy) is 1. The number of aryl methyl sites for hydroxylation is 1. The maximum absolute atomic E-state index is 12.7. The quantitative estimate of drug-likeness (QED) is 0.671. The van der Waals surface area contributed by atoms with Crippen LogP contribution in [-0.4, -0.2) is 33.7 Å². The third-order valence-electron chi connectivity index (χ3n) is 4.73. The number of amides is 1. The van der Waals surface area contributed by atoms with Crippen LogP contribution in [0.5, 0.6) is 5.75 Å². The first-order valence-electron chi connectivity index (χ1n) is 9.33. The molecule has 0 saturated heterocycles. The predicted molar refractivity (Wildman–Crippen MR) is 107 cm³/mol. The van der Waals surface area contributed by atoms with E-state index in [0.717, 1.165) is 47.1 Å². The fraction of sp³-hybridized carbons (Fsp3) is 0.333. The molecule has 6 heteroatoms. The van der Waals surface area contributed by atoms with E-state index in [-0.39, 0.29) is 5.91 Å². The maximum atomic E-state index is 12.7. The molecule has 3 aromatic rings. The Hall–Kier alpha value is -2.60. The van der Waals surface area contributed by atoms with Gasteiger partial charge in [-0.3, -0.25) is 9.48 Å². The van der Waals surface area contributed by atoms with E-state index in [9.17, 15) is 4.79 Å². The summed E-state index contributed by atoms with van der Waals surface area (Å²) in [5, 5.41) is 6.78. The van der Waals surface area contributed by atoms with E-state index >= 15 is 0 Å². The molecule has 4 rings (SSSR count). The SMILES string of the molecule is CCOc1ccc(-c2cc3n(n2)CCCN(C(=O)Cc2cccs2)C3)cc1. The van der Waals surface area contributed by atoms with Crippen LogP contribution in [0.2, 0.25) is 0 Å². The molecule has 0 spiro atoms. The minimum Gasteiger partial charge on any atom is -0.494 e. The normalized spacial score (nSPS) is 13.9. The van der Waals surface area contributed by atoms with E-state index in [2.05, 4.69) is 6.07 Å². The van der Waals surface area contributed by atoms with Crippen molar-refractivity contribution in [2.75, 3.05) is 13.2 Å². The van der Waals surface area contributed by atoms with Gasteiger partial charge >= 0.3 is 0 Å². The number of nitrogens with zero attached hydrogens (tertiary/aromatic N) is 3. The molecule has 3 heterocycles. The smallest absolute Gasteiger partial charge is 0.228 e. The van der Waals surface area contributed by atoms with Crippen molar-refractivity contribution in [3.05, 3.63) is 58.4 Å². The van der Waals surface area contributed by atoms with Crippen molar-refractivity contribution in [2.45, 2.75) is 32.9 Å². The first-order chi connectivity index (χ1) is 13.2. The van der Waals surface area contributed by atoms with E-state index in [4.69, 9.17) is 9.84 Å². The van der Waals surface area contributed by atoms with Gasteiger partial charge in [0.1, 0.15) is 5.75 Å². The minimum atomic E-state index is 0.190. The zero-order chi connectivity index (χ0) is 18.6. The Kier molecular flexibility index (Phi) is 5.25. The predicted octanol–water partition coefficient (Wildman–Crippen LogP) is 3.99. The van der Waals surface area contributed by atoms with Crippen LogP contribution in [0.25, 0.3) is 11.3 Å². The number of carbonyl (C=O) groups is 1. The number of fused-ring (bicyclic) bond motifs is 1. The zero-order valence-electron chi connectivity index (χ0n) is 15.4. The molecular weight excluding hydrogens is 358 g/mol. The molecule has 1 aliphatic rings. The van der Waals surface area contributed by atoms with Crippen LogP contribution in [0.1, 0.15) is 23.9 Å². The van der Waals surface area contributed by atoms with Crippen LogP contribution < -0.4 is 4.74 Å². The summed E-state index contributed by atoms with van der Waals surface area (Å²) < 4.78 is 7.55. The van der Waals surface area contributed by atoms with Crippen molar-refractivity contribution in [1.82, 2.24) is 14.7 Å². The Morgan fingerprint density at radius 3 is 2.81 bits per heavy atom. The van der Waals surface area contributed by atoms with Crippen molar-refractivity contribution in [3.63, 3.8) is 0 Å². The summed E-state index contributed by atoms with van der Waals surface area (Å²) in [6.07, 6.45) is 1.41. The number of thiophene rings is 1. The number of benzene rings is 1. The molecule has 2 aromatic heterocycles. The summed E-state index contributed by atoms with van der Waals surface area (Å²) >= 11 is 1.64. The molecule has 1 aromatic carbocycles. The van der Waals surface area contributed by atoms with Crippen LogP contribution in [-0.2, 0) is 24.3 Å². The highest BCUT2D eigenvalue weighted by atomic mass is 32.1.